The normalized spacial score (nSPS) is 22.7. The van der Waals surface area contributed by atoms with Crippen molar-refractivity contribution in [1.29, 1.82) is 0 Å². The first-order valence-electron chi connectivity index (χ1n) is 12.0. The Balaban J connectivity index is 1.33. The van der Waals surface area contributed by atoms with Crippen LogP contribution in [0.4, 0.5) is 15.9 Å². The van der Waals surface area contributed by atoms with Crippen LogP contribution in [-0.4, -0.2) is 60.9 Å². The topological polar surface area (TPSA) is 63.9 Å². The highest BCUT2D eigenvalue weighted by Gasteiger charge is 2.52. The van der Waals surface area contributed by atoms with Crippen molar-refractivity contribution < 1.29 is 13.7 Å². The highest BCUT2D eigenvalue weighted by Crippen LogP contribution is 2.37. The van der Waals surface area contributed by atoms with Crippen LogP contribution in [0.2, 0.25) is 0 Å². The average molecular weight is 452 g/mol. The number of piperazine rings is 1. The van der Waals surface area contributed by atoms with Gasteiger partial charge < -0.3 is 19.9 Å². The van der Waals surface area contributed by atoms with Crippen LogP contribution >= 0.6 is 0 Å². The van der Waals surface area contributed by atoms with Crippen molar-refractivity contribution in [3.63, 3.8) is 0 Å². The maximum Gasteiger partial charge on any atom is 0.498 e. The molecule has 2 aliphatic heterocycles. The van der Waals surface area contributed by atoms with Gasteiger partial charge in [0.2, 0.25) is 5.95 Å². The molecule has 0 amide bonds. The fraction of sp³-hybridized carbons (Fsp3) is 0.560. The van der Waals surface area contributed by atoms with Gasteiger partial charge in [-0.3, -0.25) is 4.90 Å². The lowest BCUT2D eigenvalue weighted by atomic mass is 9.78. The molecule has 33 heavy (non-hydrogen) atoms. The summed E-state index contributed by atoms with van der Waals surface area (Å²) in [5, 5.41) is 0. The number of nitrogens with zero attached hydrogens (tertiary/aromatic N) is 3. The number of pyridine rings is 1. The number of anilines is 2. The van der Waals surface area contributed by atoms with E-state index in [-0.39, 0.29) is 5.82 Å². The SMILES string of the molecule is CC1(C)OB(c2cc(-c3ccc(N4CCN(CC5CC5)CC4)cc3)c(F)nc2N)OC1(C)C. The Kier molecular flexibility index (Phi) is 5.66. The Morgan fingerprint density at radius 1 is 1.03 bits per heavy atom. The molecule has 1 aliphatic carbocycles. The second-order valence-corrected chi connectivity index (χ2v) is 10.7. The summed E-state index contributed by atoms with van der Waals surface area (Å²) >= 11 is 0. The average Bonchev–Trinajstić information content (AvgIpc) is 3.54. The predicted octanol–water partition coefficient (Wildman–Crippen LogP) is 3.30. The van der Waals surface area contributed by atoms with Crippen LogP contribution in [0.15, 0.2) is 30.3 Å². The summed E-state index contributed by atoms with van der Waals surface area (Å²) in [5.74, 6) is 0.436. The Morgan fingerprint density at radius 3 is 2.21 bits per heavy atom. The fourth-order valence-electron chi connectivity index (χ4n) is 4.59. The number of benzene rings is 1. The molecule has 0 radical (unpaired) electrons. The molecule has 1 aromatic carbocycles. The van der Waals surface area contributed by atoms with E-state index >= 15 is 0 Å². The van der Waals surface area contributed by atoms with E-state index in [1.165, 1.54) is 25.1 Å². The third-order valence-corrected chi connectivity index (χ3v) is 7.67. The largest absolute Gasteiger partial charge is 0.498 e. The van der Waals surface area contributed by atoms with Crippen molar-refractivity contribution in [2.24, 2.45) is 5.92 Å². The number of nitrogens with two attached hydrogens (primary N) is 1. The number of hydrogen-bond acceptors (Lipinski definition) is 6. The van der Waals surface area contributed by atoms with Crippen LogP contribution in [0.3, 0.4) is 0 Å². The van der Waals surface area contributed by atoms with Crippen LogP contribution in [-0.2, 0) is 9.31 Å². The molecular formula is C25H34BFN4O2. The Bertz CT molecular complexity index is 1000. The molecule has 1 aromatic heterocycles. The second kappa shape index (κ2) is 8.26. The molecule has 2 saturated heterocycles. The number of hydrogen-bond donors (Lipinski definition) is 1. The summed E-state index contributed by atoms with van der Waals surface area (Å²) in [5.41, 5.74) is 7.93. The highest BCUT2D eigenvalue weighted by molar-refractivity contribution is 6.63. The zero-order chi connectivity index (χ0) is 23.4. The standard InChI is InChI=1S/C25H34BFN4O2/c1-24(2)25(3,4)33-26(32-24)21-15-20(22(27)29-23(21)28)18-7-9-19(10-8-18)31-13-11-30(12-14-31)16-17-5-6-17/h7-10,15,17H,5-6,11-14,16H2,1-4H3,(H2,28,29). The Hall–Kier alpha value is -2.16. The van der Waals surface area contributed by atoms with E-state index in [1.807, 2.05) is 39.8 Å². The summed E-state index contributed by atoms with van der Waals surface area (Å²) in [7, 11) is -0.687. The lowest BCUT2D eigenvalue weighted by Crippen LogP contribution is -2.47. The van der Waals surface area contributed by atoms with Gasteiger partial charge in [0.25, 0.3) is 0 Å². The van der Waals surface area contributed by atoms with Crippen molar-refractivity contribution in [2.45, 2.75) is 51.7 Å². The van der Waals surface area contributed by atoms with Gasteiger partial charge in [-0.25, -0.2) is 4.98 Å². The molecular weight excluding hydrogens is 418 g/mol. The highest BCUT2D eigenvalue weighted by atomic mass is 19.1. The van der Waals surface area contributed by atoms with E-state index in [0.29, 0.717) is 11.0 Å². The maximum absolute atomic E-state index is 14.8. The quantitative estimate of drug-likeness (QED) is 0.555. The smallest absolute Gasteiger partial charge is 0.399 e. The summed E-state index contributed by atoms with van der Waals surface area (Å²) in [6.45, 7) is 13.4. The van der Waals surface area contributed by atoms with Gasteiger partial charge in [0.15, 0.2) is 0 Å². The van der Waals surface area contributed by atoms with E-state index in [2.05, 4.69) is 26.9 Å². The Labute approximate surface area is 196 Å². The molecule has 0 bridgehead atoms. The minimum absolute atomic E-state index is 0.0930. The predicted molar refractivity (Wildman–Crippen MR) is 131 cm³/mol. The first kappa shape index (κ1) is 22.6. The van der Waals surface area contributed by atoms with Gasteiger partial charge in [-0.05, 0) is 70.2 Å². The minimum atomic E-state index is -0.687. The second-order valence-electron chi connectivity index (χ2n) is 10.7. The molecule has 0 atom stereocenters. The molecule has 2 aromatic rings. The van der Waals surface area contributed by atoms with Crippen molar-refractivity contribution in [3.8, 4) is 11.1 Å². The zero-order valence-corrected chi connectivity index (χ0v) is 20.1. The molecule has 1 saturated carbocycles. The molecule has 6 nitrogen and oxygen atoms in total. The van der Waals surface area contributed by atoms with Crippen LogP contribution in [0.5, 0.6) is 0 Å². The number of halogens is 1. The van der Waals surface area contributed by atoms with Gasteiger partial charge in [0.1, 0.15) is 5.82 Å². The van der Waals surface area contributed by atoms with E-state index < -0.39 is 24.3 Å². The Morgan fingerprint density at radius 2 is 1.64 bits per heavy atom. The molecule has 2 N–H and O–H groups in total. The van der Waals surface area contributed by atoms with Gasteiger partial charge in [-0.2, -0.15) is 4.39 Å². The molecule has 3 aliphatic rings. The van der Waals surface area contributed by atoms with Gasteiger partial charge in [0, 0.05) is 49.4 Å². The molecule has 0 spiro atoms. The van der Waals surface area contributed by atoms with E-state index in [9.17, 15) is 4.39 Å². The van der Waals surface area contributed by atoms with E-state index in [1.54, 1.807) is 6.07 Å². The van der Waals surface area contributed by atoms with Crippen LogP contribution < -0.4 is 16.1 Å². The van der Waals surface area contributed by atoms with Crippen LogP contribution in [0.1, 0.15) is 40.5 Å². The van der Waals surface area contributed by atoms with Crippen molar-refractivity contribution in [2.75, 3.05) is 43.4 Å². The lowest BCUT2D eigenvalue weighted by molar-refractivity contribution is 0.00578. The molecule has 5 rings (SSSR count). The molecule has 3 heterocycles. The number of nitrogen functional groups attached to an aromatic ring is 1. The monoisotopic (exact) mass is 452 g/mol. The van der Waals surface area contributed by atoms with Crippen molar-refractivity contribution >= 4 is 24.1 Å². The maximum atomic E-state index is 14.8. The van der Waals surface area contributed by atoms with Crippen molar-refractivity contribution in [1.82, 2.24) is 9.88 Å². The van der Waals surface area contributed by atoms with Crippen LogP contribution in [0, 0.1) is 11.9 Å². The lowest BCUT2D eigenvalue weighted by Gasteiger charge is -2.36. The van der Waals surface area contributed by atoms with E-state index in [0.717, 1.165) is 37.7 Å². The molecule has 3 fully saturated rings. The first-order valence-corrected chi connectivity index (χ1v) is 12.0. The first-order chi connectivity index (χ1) is 15.6. The zero-order valence-electron chi connectivity index (χ0n) is 20.1. The summed E-state index contributed by atoms with van der Waals surface area (Å²) < 4.78 is 27.1. The fourth-order valence-corrected chi connectivity index (χ4v) is 4.59. The third-order valence-electron chi connectivity index (χ3n) is 7.67. The van der Waals surface area contributed by atoms with Gasteiger partial charge in [-0.15, -0.1) is 0 Å². The van der Waals surface area contributed by atoms with Gasteiger partial charge in [0.05, 0.1) is 11.2 Å². The van der Waals surface area contributed by atoms with Crippen LogP contribution in [0.25, 0.3) is 11.1 Å². The van der Waals surface area contributed by atoms with Crippen molar-refractivity contribution in [3.05, 3.63) is 36.3 Å². The number of rotatable bonds is 5. The molecule has 176 valence electrons. The summed E-state index contributed by atoms with van der Waals surface area (Å²) in [4.78, 5) is 8.96. The molecule has 8 heteroatoms. The van der Waals surface area contributed by atoms with Gasteiger partial charge in [-0.1, -0.05) is 12.1 Å². The van der Waals surface area contributed by atoms with E-state index in [4.69, 9.17) is 15.0 Å². The molecule has 0 unspecified atom stereocenters. The summed E-state index contributed by atoms with van der Waals surface area (Å²) in [6.07, 6.45) is 2.79. The summed E-state index contributed by atoms with van der Waals surface area (Å²) in [6, 6.07) is 9.75. The minimum Gasteiger partial charge on any atom is -0.399 e. The number of aromatic nitrogens is 1. The third kappa shape index (κ3) is 4.48. The van der Waals surface area contributed by atoms with Gasteiger partial charge >= 0.3 is 7.12 Å².